The number of oxazole rings is 1. The van der Waals surface area contributed by atoms with Crippen molar-refractivity contribution >= 4 is 16.9 Å². The molecule has 3 aromatic rings. The zero-order valence-electron chi connectivity index (χ0n) is 12.7. The van der Waals surface area contributed by atoms with Gasteiger partial charge in [-0.25, -0.2) is 4.98 Å². The van der Waals surface area contributed by atoms with Crippen LogP contribution in [0.25, 0.3) is 28.3 Å². The number of hydrogen-bond donors (Lipinski definition) is 1. The third-order valence-corrected chi connectivity index (χ3v) is 3.27. The number of hydrogen-bond acceptors (Lipinski definition) is 4. The number of ether oxygens (including phenoxy) is 1. The summed E-state index contributed by atoms with van der Waals surface area (Å²) < 4.78 is 46.5. The van der Waals surface area contributed by atoms with Crippen LogP contribution in [0.3, 0.4) is 0 Å². The summed E-state index contributed by atoms with van der Waals surface area (Å²) >= 11 is 0. The minimum absolute atomic E-state index is 0.00965. The zero-order valence-corrected chi connectivity index (χ0v) is 12.7. The highest BCUT2D eigenvalue weighted by atomic mass is 19.4. The molecule has 0 spiro atoms. The Morgan fingerprint density at radius 2 is 2.00 bits per heavy atom. The second-order valence-electron chi connectivity index (χ2n) is 5.06. The predicted octanol–water partition coefficient (Wildman–Crippen LogP) is 5.48. The molecule has 7 heteroatoms. The Kier molecular flexibility index (Phi) is 4.22. The number of aliphatic hydroxyl groups is 1. The summed E-state index contributed by atoms with van der Waals surface area (Å²) in [6, 6.07) is 10.2. The lowest BCUT2D eigenvalue weighted by molar-refractivity contribution is -0.274. The predicted molar refractivity (Wildman–Crippen MR) is 86.9 cm³/mol. The van der Waals surface area contributed by atoms with Gasteiger partial charge in [0.1, 0.15) is 17.0 Å². The van der Waals surface area contributed by atoms with E-state index in [1.54, 1.807) is 24.3 Å². The number of aromatic nitrogens is 1. The molecule has 0 aliphatic heterocycles. The van der Waals surface area contributed by atoms with Crippen molar-refractivity contribution in [3.8, 4) is 17.2 Å². The van der Waals surface area contributed by atoms with Crippen molar-refractivity contribution in [2.75, 3.05) is 0 Å². The van der Waals surface area contributed by atoms with E-state index in [4.69, 9.17) is 4.42 Å². The quantitative estimate of drug-likeness (QED) is 0.502. The van der Waals surface area contributed by atoms with Crippen molar-refractivity contribution in [1.82, 2.24) is 4.98 Å². The number of alkyl halides is 3. The van der Waals surface area contributed by atoms with E-state index in [1.807, 2.05) is 0 Å². The van der Waals surface area contributed by atoms with Gasteiger partial charge in [0.05, 0.1) is 0 Å². The summed E-state index contributed by atoms with van der Waals surface area (Å²) in [7, 11) is 0. The van der Waals surface area contributed by atoms with Gasteiger partial charge in [-0.05, 0) is 42.5 Å². The molecule has 25 heavy (non-hydrogen) atoms. The molecule has 0 atom stereocenters. The molecular weight excluding hydrogens is 335 g/mol. The molecule has 128 valence electrons. The van der Waals surface area contributed by atoms with Gasteiger partial charge < -0.3 is 14.3 Å². The van der Waals surface area contributed by atoms with E-state index in [2.05, 4.69) is 16.3 Å². The van der Waals surface area contributed by atoms with Crippen LogP contribution in [0.15, 0.2) is 65.6 Å². The standard InChI is InChI=1S/C18H12F3NO3/c1-2-4-15(23)11-7-8-14-16(10-11)24-17(22-14)12-5-3-6-13(9-12)25-18(19,20)21/h2-10,23H,1H2/b15-4-. The molecule has 1 heterocycles. The van der Waals surface area contributed by atoms with Crippen LogP contribution in [-0.2, 0) is 0 Å². The largest absolute Gasteiger partial charge is 0.573 e. The first-order chi connectivity index (χ1) is 11.9. The summed E-state index contributed by atoms with van der Waals surface area (Å²) in [6.45, 7) is 3.50. The minimum atomic E-state index is -4.77. The maximum absolute atomic E-state index is 12.3. The summed E-state index contributed by atoms with van der Waals surface area (Å²) in [5.41, 5.74) is 1.74. The number of halogens is 3. The third-order valence-electron chi connectivity index (χ3n) is 3.27. The van der Waals surface area contributed by atoms with Gasteiger partial charge in [0, 0.05) is 11.1 Å². The number of fused-ring (bicyclic) bond motifs is 1. The van der Waals surface area contributed by atoms with Crippen molar-refractivity contribution in [2.24, 2.45) is 0 Å². The highest BCUT2D eigenvalue weighted by molar-refractivity contribution is 5.80. The smallest absolute Gasteiger partial charge is 0.507 e. The molecule has 0 radical (unpaired) electrons. The first-order valence-electron chi connectivity index (χ1n) is 7.14. The highest BCUT2D eigenvalue weighted by Gasteiger charge is 2.31. The van der Waals surface area contributed by atoms with E-state index in [0.717, 1.165) is 0 Å². The van der Waals surface area contributed by atoms with E-state index >= 15 is 0 Å². The number of benzene rings is 2. The Morgan fingerprint density at radius 1 is 1.20 bits per heavy atom. The molecule has 4 nitrogen and oxygen atoms in total. The van der Waals surface area contributed by atoms with Gasteiger partial charge in [0.15, 0.2) is 5.58 Å². The van der Waals surface area contributed by atoms with Crippen molar-refractivity contribution in [3.63, 3.8) is 0 Å². The van der Waals surface area contributed by atoms with Gasteiger partial charge in [-0.1, -0.05) is 18.7 Å². The fourth-order valence-corrected chi connectivity index (χ4v) is 2.24. The van der Waals surface area contributed by atoms with E-state index in [1.165, 1.54) is 30.4 Å². The molecule has 0 amide bonds. The first-order valence-corrected chi connectivity index (χ1v) is 7.14. The van der Waals surface area contributed by atoms with E-state index < -0.39 is 6.36 Å². The van der Waals surface area contributed by atoms with Crippen molar-refractivity contribution in [3.05, 3.63) is 66.8 Å². The summed E-state index contributed by atoms with van der Waals surface area (Å²) in [5.74, 6) is -0.207. The summed E-state index contributed by atoms with van der Waals surface area (Å²) in [6.07, 6.45) is -1.91. The molecule has 0 bridgehead atoms. The van der Waals surface area contributed by atoms with E-state index in [0.29, 0.717) is 22.2 Å². The van der Waals surface area contributed by atoms with Crippen molar-refractivity contribution < 1.29 is 27.4 Å². The maximum atomic E-state index is 12.3. The maximum Gasteiger partial charge on any atom is 0.573 e. The van der Waals surface area contributed by atoms with Crippen LogP contribution < -0.4 is 4.74 Å². The normalized spacial score (nSPS) is 12.4. The van der Waals surface area contributed by atoms with Crippen LogP contribution in [0, 0.1) is 0 Å². The Bertz CT molecular complexity index is 958. The molecule has 0 aliphatic rings. The second kappa shape index (κ2) is 6.35. The highest BCUT2D eigenvalue weighted by Crippen LogP contribution is 2.30. The van der Waals surface area contributed by atoms with Crippen LogP contribution >= 0.6 is 0 Å². The molecular formula is C18H12F3NO3. The molecule has 0 aliphatic carbocycles. The number of rotatable bonds is 4. The molecule has 0 saturated carbocycles. The molecule has 3 rings (SSSR count). The first kappa shape index (κ1) is 16.6. The SMILES string of the molecule is C=C/C=C(\O)c1ccc2nc(-c3cccc(OC(F)(F)F)c3)oc2c1. The lowest BCUT2D eigenvalue weighted by Crippen LogP contribution is -2.17. The Balaban J connectivity index is 1.98. The van der Waals surface area contributed by atoms with Gasteiger partial charge in [0.2, 0.25) is 5.89 Å². The molecule has 2 aromatic carbocycles. The molecule has 0 fully saturated rings. The number of allylic oxidation sites excluding steroid dienone is 2. The zero-order chi connectivity index (χ0) is 18.0. The van der Waals surface area contributed by atoms with Gasteiger partial charge >= 0.3 is 6.36 Å². The Labute approximate surface area is 140 Å². The van der Waals surface area contributed by atoms with Crippen molar-refractivity contribution in [2.45, 2.75) is 6.36 Å². The lowest BCUT2D eigenvalue weighted by atomic mass is 10.1. The molecule has 0 unspecified atom stereocenters. The summed E-state index contributed by atoms with van der Waals surface area (Å²) in [5, 5.41) is 9.85. The monoisotopic (exact) mass is 347 g/mol. The fraction of sp³-hybridized carbons (Fsp3) is 0.0556. The minimum Gasteiger partial charge on any atom is -0.507 e. The lowest BCUT2D eigenvalue weighted by Gasteiger charge is -2.08. The van der Waals surface area contributed by atoms with Crippen molar-refractivity contribution in [1.29, 1.82) is 0 Å². The molecule has 1 aromatic heterocycles. The van der Waals surface area contributed by atoms with Gasteiger partial charge in [-0.15, -0.1) is 13.2 Å². The van der Waals surface area contributed by atoms with Crippen LogP contribution in [0.2, 0.25) is 0 Å². The number of nitrogens with zero attached hydrogens (tertiary/aromatic N) is 1. The van der Waals surface area contributed by atoms with Crippen LogP contribution in [-0.4, -0.2) is 16.5 Å². The number of aliphatic hydroxyl groups excluding tert-OH is 1. The Hall–Kier alpha value is -3.22. The van der Waals surface area contributed by atoms with Gasteiger partial charge in [-0.2, -0.15) is 0 Å². The average molecular weight is 347 g/mol. The topological polar surface area (TPSA) is 55.5 Å². The Morgan fingerprint density at radius 3 is 2.72 bits per heavy atom. The molecule has 1 N–H and O–H groups in total. The van der Waals surface area contributed by atoms with E-state index in [9.17, 15) is 18.3 Å². The van der Waals surface area contributed by atoms with Crippen LogP contribution in [0.4, 0.5) is 13.2 Å². The molecule has 0 saturated heterocycles. The fourth-order valence-electron chi connectivity index (χ4n) is 2.24. The van der Waals surface area contributed by atoms with Gasteiger partial charge in [-0.3, -0.25) is 0 Å². The third kappa shape index (κ3) is 3.82. The van der Waals surface area contributed by atoms with Crippen LogP contribution in [0.1, 0.15) is 5.56 Å². The second-order valence-corrected chi connectivity index (χ2v) is 5.06. The van der Waals surface area contributed by atoms with Gasteiger partial charge in [0.25, 0.3) is 0 Å². The summed E-state index contributed by atoms with van der Waals surface area (Å²) in [4.78, 5) is 4.24. The van der Waals surface area contributed by atoms with E-state index in [-0.39, 0.29) is 17.4 Å². The average Bonchev–Trinajstić information content (AvgIpc) is 2.97. The van der Waals surface area contributed by atoms with Crippen LogP contribution in [0.5, 0.6) is 5.75 Å².